The SMILES string of the molecule is O=C(NC1CCCC(F)(F)C1)c1csc([C@@H]2C[C@H]2NCC2CCOCC2)c1. The number of alkyl halides is 2. The van der Waals surface area contributed by atoms with E-state index < -0.39 is 12.0 Å². The van der Waals surface area contributed by atoms with Crippen LogP contribution in [0.3, 0.4) is 0 Å². The molecule has 1 amide bonds. The minimum absolute atomic E-state index is 0.0636. The maximum absolute atomic E-state index is 13.5. The van der Waals surface area contributed by atoms with Crippen molar-refractivity contribution in [3.05, 3.63) is 21.9 Å². The van der Waals surface area contributed by atoms with Crippen LogP contribution < -0.4 is 10.6 Å². The average Bonchev–Trinajstić information content (AvgIpc) is 3.24. The second-order valence-corrected chi connectivity index (χ2v) is 9.22. The average molecular weight is 399 g/mol. The van der Waals surface area contributed by atoms with Crippen LogP contribution in [0.1, 0.15) is 66.1 Å². The van der Waals surface area contributed by atoms with Gasteiger partial charge in [-0.25, -0.2) is 8.78 Å². The first-order valence-corrected chi connectivity index (χ1v) is 11.0. The van der Waals surface area contributed by atoms with Gasteiger partial charge < -0.3 is 15.4 Å². The van der Waals surface area contributed by atoms with E-state index in [0.29, 0.717) is 36.3 Å². The molecule has 1 aromatic rings. The summed E-state index contributed by atoms with van der Waals surface area (Å²) < 4.78 is 32.4. The normalized spacial score (nSPS) is 30.8. The highest BCUT2D eigenvalue weighted by Gasteiger charge is 2.40. The highest BCUT2D eigenvalue weighted by molar-refractivity contribution is 7.10. The van der Waals surface area contributed by atoms with Crippen LogP contribution in [-0.2, 0) is 4.74 Å². The molecule has 0 spiro atoms. The zero-order valence-electron chi connectivity index (χ0n) is 15.5. The van der Waals surface area contributed by atoms with Crippen LogP contribution in [0.5, 0.6) is 0 Å². The molecule has 1 unspecified atom stereocenters. The zero-order chi connectivity index (χ0) is 18.9. The molecule has 0 bridgehead atoms. The van der Waals surface area contributed by atoms with Crippen LogP contribution in [0.25, 0.3) is 0 Å². The van der Waals surface area contributed by atoms with E-state index in [2.05, 4.69) is 10.6 Å². The molecule has 7 heteroatoms. The van der Waals surface area contributed by atoms with Crippen LogP contribution in [0, 0.1) is 5.92 Å². The Morgan fingerprint density at radius 2 is 2.11 bits per heavy atom. The minimum atomic E-state index is -2.65. The van der Waals surface area contributed by atoms with E-state index in [-0.39, 0.29) is 18.7 Å². The number of amides is 1. The van der Waals surface area contributed by atoms with Gasteiger partial charge in [0.2, 0.25) is 5.92 Å². The summed E-state index contributed by atoms with van der Waals surface area (Å²) in [6.45, 7) is 2.78. The van der Waals surface area contributed by atoms with Crippen LogP contribution in [0.15, 0.2) is 11.4 Å². The molecule has 0 aromatic carbocycles. The van der Waals surface area contributed by atoms with Crippen molar-refractivity contribution >= 4 is 17.2 Å². The van der Waals surface area contributed by atoms with Crippen molar-refractivity contribution in [2.75, 3.05) is 19.8 Å². The second-order valence-electron chi connectivity index (χ2n) is 8.27. The van der Waals surface area contributed by atoms with E-state index in [1.54, 1.807) is 11.3 Å². The van der Waals surface area contributed by atoms with Crippen molar-refractivity contribution in [1.29, 1.82) is 0 Å². The largest absolute Gasteiger partial charge is 0.381 e. The molecule has 2 N–H and O–H groups in total. The molecular weight excluding hydrogens is 370 g/mol. The minimum Gasteiger partial charge on any atom is -0.381 e. The fraction of sp³-hybridized carbons (Fsp3) is 0.750. The number of hydrogen-bond donors (Lipinski definition) is 2. The summed E-state index contributed by atoms with van der Waals surface area (Å²) in [5.41, 5.74) is 0.610. The summed E-state index contributed by atoms with van der Waals surface area (Å²) >= 11 is 1.61. The number of carbonyl (C=O) groups is 1. The molecule has 27 heavy (non-hydrogen) atoms. The van der Waals surface area contributed by atoms with E-state index >= 15 is 0 Å². The smallest absolute Gasteiger partial charge is 0.252 e. The van der Waals surface area contributed by atoms with Gasteiger partial charge in [-0.3, -0.25) is 4.79 Å². The van der Waals surface area contributed by atoms with Gasteiger partial charge in [0, 0.05) is 54.3 Å². The number of halogens is 2. The molecule has 150 valence electrons. The van der Waals surface area contributed by atoms with Crippen molar-refractivity contribution in [3.8, 4) is 0 Å². The number of carbonyl (C=O) groups excluding carboxylic acids is 1. The van der Waals surface area contributed by atoms with Crippen molar-refractivity contribution in [3.63, 3.8) is 0 Å². The Kier molecular flexibility index (Phi) is 5.81. The Balaban J connectivity index is 1.24. The first kappa shape index (κ1) is 19.3. The summed E-state index contributed by atoms with van der Waals surface area (Å²) in [7, 11) is 0. The predicted molar refractivity (Wildman–Crippen MR) is 102 cm³/mol. The standard InChI is InChI=1S/C20H28F2N2O2S/c21-20(22)5-1-2-15(10-20)24-19(25)14-8-18(27-12-14)16-9-17(16)23-11-13-3-6-26-7-4-13/h8,12-13,15-17,23H,1-7,9-11H2,(H,24,25)/t15?,16-,17-/m1/s1. The molecule has 0 radical (unpaired) electrons. The second kappa shape index (κ2) is 8.13. The molecule has 2 aliphatic carbocycles. The molecule has 3 fully saturated rings. The highest BCUT2D eigenvalue weighted by Crippen LogP contribution is 2.44. The Hall–Kier alpha value is -1.05. The van der Waals surface area contributed by atoms with Gasteiger partial charge in [-0.2, -0.15) is 0 Å². The molecule has 3 aliphatic rings. The summed E-state index contributed by atoms with van der Waals surface area (Å²) in [5, 5.41) is 8.32. The Morgan fingerprint density at radius 3 is 2.89 bits per heavy atom. The lowest BCUT2D eigenvalue weighted by Crippen LogP contribution is -2.41. The summed E-state index contributed by atoms with van der Waals surface area (Å²) in [6, 6.07) is 2.03. The molecular formula is C20H28F2N2O2S. The number of rotatable bonds is 6. The number of hydrogen-bond acceptors (Lipinski definition) is 4. The first-order valence-electron chi connectivity index (χ1n) is 10.1. The first-order chi connectivity index (χ1) is 13.0. The Labute approximate surface area is 163 Å². The van der Waals surface area contributed by atoms with E-state index in [1.807, 2.05) is 11.4 Å². The van der Waals surface area contributed by atoms with Crippen LogP contribution in [0.4, 0.5) is 8.78 Å². The molecule has 4 rings (SSSR count). The van der Waals surface area contributed by atoms with Gasteiger partial charge in [0.05, 0.1) is 5.56 Å². The van der Waals surface area contributed by atoms with Gasteiger partial charge in [-0.05, 0) is 50.6 Å². The summed E-state index contributed by atoms with van der Waals surface area (Å²) in [5.74, 6) is -1.67. The quantitative estimate of drug-likeness (QED) is 0.763. The lowest BCUT2D eigenvalue weighted by atomic mass is 9.92. The molecule has 3 atom stereocenters. The van der Waals surface area contributed by atoms with Gasteiger partial charge in [0.1, 0.15) is 0 Å². The highest BCUT2D eigenvalue weighted by atomic mass is 32.1. The summed E-state index contributed by atoms with van der Waals surface area (Å²) in [6.07, 6.45) is 4.18. The van der Waals surface area contributed by atoms with Crippen molar-refractivity contribution in [2.45, 2.75) is 68.9 Å². The number of ether oxygens (including phenoxy) is 1. The van der Waals surface area contributed by atoms with Gasteiger partial charge in [-0.1, -0.05) is 0 Å². The maximum Gasteiger partial charge on any atom is 0.252 e. The maximum atomic E-state index is 13.5. The van der Waals surface area contributed by atoms with E-state index in [9.17, 15) is 13.6 Å². The topological polar surface area (TPSA) is 50.4 Å². The van der Waals surface area contributed by atoms with Crippen LogP contribution in [0.2, 0.25) is 0 Å². The van der Waals surface area contributed by atoms with Crippen molar-refractivity contribution in [1.82, 2.24) is 10.6 Å². The Morgan fingerprint density at radius 1 is 1.30 bits per heavy atom. The van der Waals surface area contributed by atoms with Crippen molar-refractivity contribution < 1.29 is 18.3 Å². The predicted octanol–water partition coefficient (Wildman–Crippen LogP) is 3.93. The third kappa shape index (κ3) is 5.06. The molecule has 4 nitrogen and oxygen atoms in total. The zero-order valence-corrected chi connectivity index (χ0v) is 16.3. The molecule has 1 aromatic heterocycles. The van der Waals surface area contributed by atoms with E-state index in [1.165, 1.54) is 4.88 Å². The van der Waals surface area contributed by atoms with Crippen LogP contribution >= 0.6 is 11.3 Å². The van der Waals surface area contributed by atoms with Crippen LogP contribution in [-0.4, -0.2) is 43.7 Å². The fourth-order valence-electron chi connectivity index (χ4n) is 4.23. The van der Waals surface area contributed by atoms with Crippen molar-refractivity contribution in [2.24, 2.45) is 5.92 Å². The van der Waals surface area contributed by atoms with Gasteiger partial charge in [0.15, 0.2) is 0 Å². The van der Waals surface area contributed by atoms with Gasteiger partial charge >= 0.3 is 0 Å². The Bertz CT molecular complexity index is 660. The fourth-order valence-corrected chi connectivity index (χ4v) is 5.30. The lowest BCUT2D eigenvalue weighted by Gasteiger charge is -2.29. The summed E-state index contributed by atoms with van der Waals surface area (Å²) in [4.78, 5) is 13.6. The van der Waals surface area contributed by atoms with E-state index in [4.69, 9.17) is 4.74 Å². The van der Waals surface area contributed by atoms with E-state index in [0.717, 1.165) is 39.0 Å². The molecule has 1 saturated heterocycles. The lowest BCUT2D eigenvalue weighted by molar-refractivity contribution is -0.0429. The number of thiophene rings is 1. The van der Waals surface area contributed by atoms with Gasteiger partial charge in [-0.15, -0.1) is 11.3 Å². The monoisotopic (exact) mass is 398 g/mol. The third-order valence-electron chi connectivity index (χ3n) is 6.02. The molecule has 2 heterocycles. The molecule has 1 aliphatic heterocycles. The molecule has 2 saturated carbocycles. The van der Waals surface area contributed by atoms with Gasteiger partial charge in [0.25, 0.3) is 5.91 Å². The third-order valence-corrected chi connectivity index (χ3v) is 7.09. The number of nitrogens with one attached hydrogen (secondary N) is 2.